The first-order chi connectivity index (χ1) is 11.9. The number of aromatic hydroxyl groups is 1. The van der Waals surface area contributed by atoms with Crippen LogP contribution in [0.2, 0.25) is 10.0 Å². The Labute approximate surface area is 156 Å². The van der Waals surface area contributed by atoms with Gasteiger partial charge in [0.1, 0.15) is 5.75 Å². The molecule has 0 fully saturated rings. The summed E-state index contributed by atoms with van der Waals surface area (Å²) in [6, 6.07) is 9.47. The van der Waals surface area contributed by atoms with Crippen molar-refractivity contribution >= 4 is 35.3 Å². The van der Waals surface area contributed by atoms with Crippen molar-refractivity contribution in [3.05, 3.63) is 57.6 Å². The third-order valence-electron chi connectivity index (χ3n) is 3.11. The minimum atomic E-state index is -0.525. The molecule has 2 aromatic rings. The van der Waals surface area contributed by atoms with Crippen molar-refractivity contribution in [3.63, 3.8) is 0 Å². The van der Waals surface area contributed by atoms with Crippen molar-refractivity contribution in [2.45, 2.75) is 13.8 Å². The van der Waals surface area contributed by atoms with Gasteiger partial charge in [0.05, 0.1) is 28.4 Å². The monoisotopic (exact) mass is 380 g/mol. The summed E-state index contributed by atoms with van der Waals surface area (Å²) < 4.78 is 5.59. The zero-order valence-corrected chi connectivity index (χ0v) is 15.3. The molecule has 0 radical (unpaired) electrons. The average Bonchev–Trinajstić information content (AvgIpc) is 2.54. The first-order valence-corrected chi connectivity index (χ1v) is 8.37. The number of nitrogens with one attached hydrogen (secondary N) is 1. The van der Waals surface area contributed by atoms with Gasteiger partial charge in [-0.1, -0.05) is 49.2 Å². The van der Waals surface area contributed by atoms with Crippen LogP contribution < -0.4 is 10.2 Å². The predicted octanol–water partition coefficient (Wildman–Crippen LogP) is 4.50. The Kier molecular flexibility index (Phi) is 6.67. The molecule has 0 heterocycles. The average molecular weight is 381 g/mol. The molecule has 0 aromatic heterocycles. The Morgan fingerprint density at radius 1 is 1.28 bits per heavy atom. The van der Waals surface area contributed by atoms with Crippen molar-refractivity contribution in [2.24, 2.45) is 11.0 Å². The number of phenols is 1. The Hall–Kier alpha value is -2.24. The standard InChI is InChI=1S/C18H18Cl2N2O3/c1-11(2)10-25-17-14(19)7-12(8-15(17)20)9-21-22-18(24)13-5-3-4-6-16(13)23/h3-9,11,23H,10H2,1-2H3,(H,22,24)/b21-9-. The van der Waals surface area contributed by atoms with Crippen LogP contribution in [-0.4, -0.2) is 23.8 Å². The van der Waals surface area contributed by atoms with Gasteiger partial charge in [-0.05, 0) is 35.7 Å². The fourth-order valence-corrected chi connectivity index (χ4v) is 2.55. The molecule has 1 amide bonds. The van der Waals surface area contributed by atoms with Gasteiger partial charge in [-0.2, -0.15) is 5.10 Å². The number of phenolic OH excluding ortho intramolecular Hbond substituents is 1. The van der Waals surface area contributed by atoms with Gasteiger partial charge in [0.2, 0.25) is 0 Å². The van der Waals surface area contributed by atoms with E-state index in [1.165, 1.54) is 18.3 Å². The van der Waals surface area contributed by atoms with Gasteiger partial charge >= 0.3 is 0 Å². The molecule has 2 rings (SSSR count). The normalized spacial score (nSPS) is 11.1. The van der Waals surface area contributed by atoms with E-state index in [0.717, 1.165) is 0 Å². The van der Waals surface area contributed by atoms with E-state index < -0.39 is 5.91 Å². The van der Waals surface area contributed by atoms with Gasteiger partial charge in [-0.15, -0.1) is 0 Å². The largest absolute Gasteiger partial charge is 0.507 e. The van der Waals surface area contributed by atoms with Crippen LogP contribution in [-0.2, 0) is 0 Å². The summed E-state index contributed by atoms with van der Waals surface area (Å²) in [5.74, 6) is 0.127. The number of para-hydroxylation sites is 1. The molecule has 0 unspecified atom stereocenters. The van der Waals surface area contributed by atoms with E-state index in [-0.39, 0.29) is 11.3 Å². The molecule has 0 aliphatic carbocycles. The van der Waals surface area contributed by atoms with Crippen LogP contribution in [0.1, 0.15) is 29.8 Å². The van der Waals surface area contributed by atoms with Crippen LogP contribution in [0.25, 0.3) is 0 Å². The number of amides is 1. The van der Waals surface area contributed by atoms with Crippen molar-refractivity contribution in [1.82, 2.24) is 5.43 Å². The third-order valence-corrected chi connectivity index (χ3v) is 3.67. The summed E-state index contributed by atoms with van der Waals surface area (Å²) in [4.78, 5) is 11.9. The molecule has 0 aliphatic rings. The first kappa shape index (κ1) is 19.1. The fourth-order valence-electron chi connectivity index (χ4n) is 1.93. The smallest absolute Gasteiger partial charge is 0.275 e. The molecule has 25 heavy (non-hydrogen) atoms. The maximum atomic E-state index is 11.9. The molecule has 0 saturated carbocycles. The maximum absolute atomic E-state index is 11.9. The highest BCUT2D eigenvalue weighted by atomic mass is 35.5. The van der Waals surface area contributed by atoms with Crippen molar-refractivity contribution in [1.29, 1.82) is 0 Å². The topological polar surface area (TPSA) is 70.9 Å². The number of hydrogen-bond donors (Lipinski definition) is 2. The molecule has 0 spiro atoms. The van der Waals surface area contributed by atoms with Crippen LogP contribution in [0, 0.1) is 5.92 Å². The summed E-state index contributed by atoms with van der Waals surface area (Å²) >= 11 is 12.4. The van der Waals surface area contributed by atoms with Gasteiger partial charge in [0.25, 0.3) is 5.91 Å². The van der Waals surface area contributed by atoms with Crippen molar-refractivity contribution in [3.8, 4) is 11.5 Å². The summed E-state index contributed by atoms with van der Waals surface area (Å²) in [7, 11) is 0. The van der Waals surface area contributed by atoms with Crippen LogP contribution in [0.3, 0.4) is 0 Å². The number of halogens is 2. The molecule has 0 bridgehead atoms. The zero-order chi connectivity index (χ0) is 18.4. The van der Waals surface area contributed by atoms with Crippen LogP contribution in [0.15, 0.2) is 41.5 Å². The molecule has 7 heteroatoms. The molecule has 2 N–H and O–H groups in total. The third kappa shape index (κ3) is 5.37. The lowest BCUT2D eigenvalue weighted by Crippen LogP contribution is -2.17. The van der Waals surface area contributed by atoms with Gasteiger partial charge in [-0.25, -0.2) is 5.43 Å². The Bertz CT molecular complexity index is 769. The lowest BCUT2D eigenvalue weighted by Gasteiger charge is -2.12. The highest BCUT2D eigenvalue weighted by Gasteiger charge is 2.11. The van der Waals surface area contributed by atoms with Gasteiger partial charge in [0.15, 0.2) is 5.75 Å². The zero-order valence-electron chi connectivity index (χ0n) is 13.8. The van der Waals surface area contributed by atoms with Crippen LogP contribution in [0.4, 0.5) is 0 Å². The number of benzene rings is 2. The molecule has 132 valence electrons. The van der Waals surface area contributed by atoms with Crippen LogP contribution >= 0.6 is 23.2 Å². The Balaban J connectivity index is 2.06. The summed E-state index contributed by atoms with van der Waals surface area (Å²) in [6.45, 7) is 4.55. The molecule has 0 aliphatic heterocycles. The van der Waals surface area contributed by atoms with E-state index in [0.29, 0.717) is 33.9 Å². The van der Waals surface area contributed by atoms with E-state index in [2.05, 4.69) is 10.5 Å². The van der Waals surface area contributed by atoms with E-state index in [1.54, 1.807) is 24.3 Å². The van der Waals surface area contributed by atoms with E-state index in [9.17, 15) is 9.90 Å². The number of rotatable bonds is 6. The number of nitrogens with zero attached hydrogens (tertiary/aromatic N) is 1. The highest BCUT2D eigenvalue weighted by molar-refractivity contribution is 6.37. The molecular formula is C18H18Cl2N2O3. The fraction of sp³-hybridized carbons (Fsp3) is 0.222. The van der Waals surface area contributed by atoms with Gasteiger partial charge in [-0.3, -0.25) is 4.79 Å². The van der Waals surface area contributed by atoms with Gasteiger partial charge < -0.3 is 9.84 Å². The lowest BCUT2D eigenvalue weighted by atomic mass is 10.2. The second kappa shape index (κ2) is 8.74. The van der Waals surface area contributed by atoms with Crippen molar-refractivity contribution < 1.29 is 14.6 Å². The number of hydrazone groups is 1. The van der Waals surface area contributed by atoms with E-state index in [1.807, 2.05) is 13.8 Å². The first-order valence-electron chi connectivity index (χ1n) is 7.61. The van der Waals surface area contributed by atoms with E-state index in [4.69, 9.17) is 27.9 Å². The minimum absolute atomic E-state index is 0.118. The minimum Gasteiger partial charge on any atom is -0.507 e. The quantitative estimate of drug-likeness (QED) is 0.572. The number of carbonyl (C=O) groups excluding carboxylic acids is 1. The highest BCUT2D eigenvalue weighted by Crippen LogP contribution is 2.34. The maximum Gasteiger partial charge on any atom is 0.275 e. The molecule has 0 saturated heterocycles. The number of carbonyl (C=O) groups is 1. The summed E-state index contributed by atoms with van der Waals surface area (Å²) in [5, 5.41) is 14.2. The number of hydrogen-bond acceptors (Lipinski definition) is 4. The summed E-state index contributed by atoms with van der Waals surface area (Å²) in [6.07, 6.45) is 1.40. The predicted molar refractivity (Wildman–Crippen MR) is 100.0 cm³/mol. The molecule has 5 nitrogen and oxygen atoms in total. The Morgan fingerprint density at radius 2 is 1.92 bits per heavy atom. The number of ether oxygens (including phenoxy) is 1. The summed E-state index contributed by atoms with van der Waals surface area (Å²) in [5.41, 5.74) is 3.07. The Morgan fingerprint density at radius 3 is 2.52 bits per heavy atom. The van der Waals surface area contributed by atoms with Crippen molar-refractivity contribution in [2.75, 3.05) is 6.61 Å². The van der Waals surface area contributed by atoms with E-state index >= 15 is 0 Å². The van der Waals surface area contributed by atoms with Gasteiger partial charge in [0, 0.05) is 0 Å². The molecule has 0 atom stereocenters. The second-order valence-electron chi connectivity index (χ2n) is 5.73. The molecular weight excluding hydrogens is 363 g/mol. The molecule has 2 aromatic carbocycles. The van der Waals surface area contributed by atoms with Crippen LogP contribution in [0.5, 0.6) is 11.5 Å². The second-order valence-corrected chi connectivity index (χ2v) is 6.55. The lowest BCUT2D eigenvalue weighted by molar-refractivity contribution is 0.0952. The SMILES string of the molecule is CC(C)COc1c(Cl)cc(/C=N\NC(=O)c2ccccc2O)cc1Cl.